The van der Waals surface area contributed by atoms with E-state index in [1.165, 1.54) is 12.8 Å². The van der Waals surface area contributed by atoms with Crippen LogP contribution in [-0.4, -0.2) is 19.1 Å². The molecular formula is C16H23NO2. The van der Waals surface area contributed by atoms with Gasteiger partial charge in [0.25, 0.3) is 0 Å². The summed E-state index contributed by atoms with van der Waals surface area (Å²) in [5.41, 5.74) is 1.05. The van der Waals surface area contributed by atoms with Gasteiger partial charge in [-0.1, -0.05) is 30.3 Å². The summed E-state index contributed by atoms with van der Waals surface area (Å²) in [6, 6.07) is 9.83. The molecule has 1 heterocycles. The lowest BCUT2D eigenvalue weighted by Gasteiger charge is -2.22. The number of nitrogens with one attached hydrogen (secondary N) is 1. The van der Waals surface area contributed by atoms with E-state index in [0.29, 0.717) is 13.0 Å². The zero-order chi connectivity index (χ0) is 13.3. The van der Waals surface area contributed by atoms with Crippen LogP contribution in [0.2, 0.25) is 0 Å². The van der Waals surface area contributed by atoms with Crippen molar-refractivity contribution in [3.8, 4) is 0 Å². The second-order valence-electron chi connectivity index (χ2n) is 5.23. The van der Waals surface area contributed by atoms with Crippen molar-refractivity contribution in [2.24, 2.45) is 5.92 Å². The molecule has 0 amide bonds. The van der Waals surface area contributed by atoms with Gasteiger partial charge in [-0.2, -0.15) is 0 Å². The molecule has 0 atom stereocenters. The maximum absolute atomic E-state index is 11.6. The molecule has 1 aromatic rings. The minimum atomic E-state index is -0.0715. The minimum absolute atomic E-state index is 0.0715. The lowest BCUT2D eigenvalue weighted by molar-refractivity contribution is -0.145. The number of ether oxygens (including phenoxy) is 1. The largest absolute Gasteiger partial charge is 0.461 e. The molecule has 1 saturated heterocycles. The Morgan fingerprint density at radius 3 is 2.68 bits per heavy atom. The molecule has 104 valence electrons. The molecule has 0 unspecified atom stereocenters. The summed E-state index contributed by atoms with van der Waals surface area (Å²) in [7, 11) is 0. The van der Waals surface area contributed by atoms with E-state index >= 15 is 0 Å². The normalized spacial score (nSPS) is 16.2. The number of benzene rings is 1. The van der Waals surface area contributed by atoms with E-state index in [2.05, 4.69) is 5.32 Å². The summed E-state index contributed by atoms with van der Waals surface area (Å²) in [5, 5.41) is 3.36. The summed E-state index contributed by atoms with van der Waals surface area (Å²) in [5.74, 6) is 0.723. The molecule has 3 heteroatoms. The molecule has 1 N–H and O–H groups in total. The van der Waals surface area contributed by atoms with Crippen LogP contribution in [0.1, 0.15) is 37.7 Å². The molecule has 19 heavy (non-hydrogen) atoms. The van der Waals surface area contributed by atoms with E-state index in [1.54, 1.807) is 0 Å². The maximum atomic E-state index is 11.6. The highest BCUT2D eigenvalue weighted by molar-refractivity contribution is 5.69. The average Bonchev–Trinajstić information content (AvgIpc) is 2.47. The number of hydrogen-bond acceptors (Lipinski definition) is 3. The predicted octanol–water partition coefficient (Wildman–Crippen LogP) is 2.90. The van der Waals surface area contributed by atoms with E-state index in [-0.39, 0.29) is 5.97 Å². The number of hydrogen-bond donors (Lipinski definition) is 1. The van der Waals surface area contributed by atoms with Crippen LogP contribution in [0.4, 0.5) is 0 Å². The first-order valence-electron chi connectivity index (χ1n) is 7.25. The van der Waals surface area contributed by atoms with E-state index in [0.717, 1.165) is 37.4 Å². The van der Waals surface area contributed by atoms with Crippen LogP contribution in [0, 0.1) is 5.92 Å². The topological polar surface area (TPSA) is 38.3 Å². The summed E-state index contributed by atoms with van der Waals surface area (Å²) in [6.07, 6.45) is 5.16. The van der Waals surface area contributed by atoms with Gasteiger partial charge in [0.15, 0.2) is 0 Å². The van der Waals surface area contributed by atoms with Crippen LogP contribution >= 0.6 is 0 Å². The van der Waals surface area contributed by atoms with Crippen LogP contribution in [0.3, 0.4) is 0 Å². The molecule has 0 aliphatic carbocycles. The van der Waals surface area contributed by atoms with Crippen LogP contribution < -0.4 is 5.32 Å². The zero-order valence-corrected chi connectivity index (χ0v) is 11.4. The van der Waals surface area contributed by atoms with E-state index in [9.17, 15) is 4.79 Å². The highest BCUT2D eigenvalue weighted by Gasteiger charge is 2.13. The molecule has 1 aromatic carbocycles. The fourth-order valence-electron chi connectivity index (χ4n) is 2.52. The van der Waals surface area contributed by atoms with Crippen molar-refractivity contribution in [2.75, 3.05) is 13.1 Å². The van der Waals surface area contributed by atoms with E-state index in [4.69, 9.17) is 4.74 Å². The van der Waals surface area contributed by atoms with Gasteiger partial charge in [-0.3, -0.25) is 4.79 Å². The summed E-state index contributed by atoms with van der Waals surface area (Å²) >= 11 is 0. The van der Waals surface area contributed by atoms with Crippen molar-refractivity contribution in [1.29, 1.82) is 0 Å². The van der Waals surface area contributed by atoms with Gasteiger partial charge in [-0.25, -0.2) is 0 Å². The average molecular weight is 261 g/mol. The van der Waals surface area contributed by atoms with Crippen molar-refractivity contribution in [2.45, 2.75) is 38.7 Å². The molecule has 1 aliphatic heterocycles. The standard InChI is InChI=1S/C16H23NO2/c18-16(19-13-15-5-2-1-3-6-15)8-4-7-14-9-11-17-12-10-14/h1-3,5-6,14,17H,4,7-13H2. The molecule has 0 radical (unpaired) electrons. The monoisotopic (exact) mass is 261 g/mol. The highest BCUT2D eigenvalue weighted by atomic mass is 16.5. The number of piperidine rings is 1. The SMILES string of the molecule is O=C(CCCC1CCNCC1)OCc1ccccc1. The van der Waals surface area contributed by atoms with Gasteiger partial charge in [0, 0.05) is 6.42 Å². The smallest absolute Gasteiger partial charge is 0.306 e. The summed E-state index contributed by atoms with van der Waals surface area (Å²) in [6.45, 7) is 2.65. The Bertz CT molecular complexity index is 372. The number of carbonyl (C=O) groups is 1. The second-order valence-corrected chi connectivity index (χ2v) is 5.23. The van der Waals surface area contributed by atoms with Gasteiger partial charge in [0.2, 0.25) is 0 Å². The van der Waals surface area contributed by atoms with Crippen LogP contribution in [0.25, 0.3) is 0 Å². The second kappa shape index (κ2) is 7.95. The Morgan fingerprint density at radius 1 is 1.21 bits per heavy atom. The molecule has 3 nitrogen and oxygen atoms in total. The summed E-state index contributed by atoms with van der Waals surface area (Å²) < 4.78 is 5.27. The quantitative estimate of drug-likeness (QED) is 0.800. The Kier molecular flexibility index (Phi) is 5.89. The maximum Gasteiger partial charge on any atom is 0.306 e. The minimum Gasteiger partial charge on any atom is -0.461 e. The first kappa shape index (κ1) is 14.1. The van der Waals surface area contributed by atoms with Crippen LogP contribution in [-0.2, 0) is 16.1 Å². The van der Waals surface area contributed by atoms with Crippen LogP contribution in [0.15, 0.2) is 30.3 Å². The lowest BCUT2D eigenvalue weighted by atomic mass is 9.92. The van der Waals surface area contributed by atoms with Crippen molar-refractivity contribution < 1.29 is 9.53 Å². The molecule has 0 aromatic heterocycles. The Morgan fingerprint density at radius 2 is 1.95 bits per heavy atom. The third-order valence-corrected chi connectivity index (χ3v) is 3.69. The lowest BCUT2D eigenvalue weighted by Crippen LogP contribution is -2.27. The van der Waals surface area contributed by atoms with E-state index < -0.39 is 0 Å². The Labute approximate surface area is 115 Å². The highest BCUT2D eigenvalue weighted by Crippen LogP contribution is 2.18. The number of rotatable bonds is 6. The predicted molar refractivity (Wildman–Crippen MR) is 75.7 cm³/mol. The third-order valence-electron chi connectivity index (χ3n) is 3.69. The fourth-order valence-corrected chi connectivity index (χ4v) is 2.52. The molecule has 0 bridgehead atoms. The molecule has 0 spiro atoms. The molecular weight excluding hydrogens is 238 g/mol. The van der Waals surface area contributed by atoms with Gasteiger partial charge >= 0.3 is 5.97 Å². The Balaban J connectivity index is 1.57. The number of carbonyl (C=O) groups excluding carboxylic acids is 1. The molecule has 2 rings (SSSR count). The Hall–Kier alpha value is -1.35. The molecule has 1 aliphatic rings. The molecule has 1 fully saturated rings. The summed E-state index contributed by atoms with van der Waals surface area (Å²) in [4.78, 5) is 11.6. The van der Waals surface area contributed by atoms with Gasteiger partial charge in [0.05, 0.1) is 0 Å². The first-order chi connectivity index (χ1) is 9.34. The van der Waals surface area contributed by atoms with Gasteiger partial charge in [0.1, 0.15) is 6.61 Å². The number of esters is 1. The first-order valence-corrected chi connectivity index (χ1v) is 7.25. The fraction of sp³-hybridized carbons (Fsp3) is 0.562. The van der Waals surface area contributed by atoms with Crippen molar-refractivity contribution >= 4 is 5.97 Å². The van der Waals surface area contributed by atoms with Crippen molar-refractivity contribution in [1.82, 2.24) is 5.32 Å². The van der Waals surface area contributed by atoms with Gasteiger partial charge in [-0.05, 0) is 50.3 Å². The van der Waals surface area contributed by atoms with E-state index in [1.807, 2.05) is 30.3 Å². The van der Waals surface area contributed by atoms with Crippen LogP contribution in [0.5, 0.6) is 0 Å². The van der Waals surface area contributed by atoms with Gasteiger partial charge in [-0.15, -0.1) is 0 Å². The third kappa shape index (κ3) is 5.43. The molecule has 0 saturated carbocycles. The van der Waals surface area contributed by atoms with Crippen molar-refractivity contribution in [3.63, 3.8) is 0 Å². The zero-order valence-electron chi connectivity index (χ0n) is 11.4. The van der Waals surface area contributed by atoms with Gasteiger partial charge < -0.3 is 10.1 Å². The van der Waals surface area contributed by atoms with Crippen molar-refractivity contribution in [3.05, 3.63) is 35.9 Å².